The predicted molar refractivity (Wildman–Crippen MR) is 52.0 cm³/mol. The molecule has 15 heavy (non-hydrogen) atoms. The molecule has 1 heterocycles. The fourth-order valence-corrected chi connectivity index (χ4v) is 3.03. The molecule has 0 aliphatic heterocycles. The van der Waals surface area contributed by atoms with Crippen molar-refractivity contribution in [3.63, 3.8) is 0 Å². The number of alkyl halides is 2. The Morgan fingerprint density at radius 3 is 2.80 bits per heavy atom. The van der Waals surface area contributed by atoms with Crippen molar-refractivity contribution >= 4 is 0 Å². The molecule has 1 saturated carbocycles. The SMILES string of the molecule is CCn1nc(C(F)F)c2c1C1CC(C2)C1. The molecule has 0 unspecified atom stereocenters. The molecule has 2 nitrogen and oxygen atoms in total. The lowest BCUT2D eigenvalue weighted by molar-refractivity contribution is 0.142. The summed E-state index contributed by atoms with van der Waals surface area (Å²) in [6.45, 7) is 2.67. The van der Waals surface area contributed by atoms with Crippen LogP contribution in [0.15, 0.2) is 0 Å². The van der Waals surface area contributed by atoms with Gasteiger partial charge in [-0.3, -0.25) is 4.68 Å². The van der Waals surface area contributed by atoms with Gasteiger partial charge in [0.1, 0.15) is 5.69 Å². The second-order valence-corrected chi connectivity index (χ2v) is 4.60. The lowest BCUT2D eigenvalue weighted by Gasteiger charge is -2.41. The van der Waals surface area contributed by atoms with Crippen LogP contribution in [0.3, 0.4) is 0 Å². The molecule has 1 fully saturated rings. The van der Waals surface area contributed by atoms with Gasteiger partial charge in [0.2, 0.25) is 0 Å². The van der Waals surface area contributed by atoms with Crippen LogP contribution in [-0.2, 0) is 13.0 Å². The topological polar surface area (TPSA) is 17.8 Å². The van der Waals surface area contributed by atoms with Gasteiger partial charge in [-0.1, -0.05) is 0 Å². The molecule has 0 spiro atoms. The first-order valence-corrected chi connectivity index (χ1v) is 5.58. The molecule has 1 aromatic heterocycles. The molecular formula is C11H14F2N2. The third-order valence-corrected chi connectivity index (χ3v) is 3.75. The maximum Gasteiger partial charge on any atom is 0.282 e. The molecule has 1 aromatic rings. The number of nitrogens with zero attached hydrogens (tertiary/aromatic N) is 2. The Bertz CT molecular complexity index is 392. The number of aryl methyl sites for hydroxylation is 1. The number of hydrogen-bond donors (Lipinski definition) is 0. The number of hydrogen-bond acceptors (Lipinski definition) is 1. The average molecular weight is 212 g/mol. The summed E-state index contributed by atoms with van der Waals surface area (Å²) in [4.78, 5) is 0. The lowest BCUT2D eigenvalue weighted by atomic mass is 9.64. The number of rotatable bonds is 2. The Kier molecular flexibility index (Phi) is 1.88. The molecule has 0 atom stereocenters. The van der Waals surface area contributed by atoms with Crippen molar-refractivity contribution in [2.24, 2.45) is 5.92 Å². The fraction of sp³-hybridized carbons (Fsp3) is 0.727. The van der Waals surface area contributed by atoms with E-state index >= 15 is 0 Å². The van der Waals surface area contributed by atoms with Crippen LogP contribution in [0.1, 0.15) is 49.1 Å². The van der Waals surface area contributed by atoms with E-state index in [0.29, 0.717) is 18.4 Å². The Balaban J connectivity index is 2.12. The van der Waals surface area contributed by atoms with E-state index in [9.17, 15) is 8.78 Å². The van der Waals surface area contributed by atoms with Crippen LogP contribution in [-0.4, -0.2) is 9.78 Å². The van der Waals surface area contributed by atoms with Gasteiger partial charge in [-0.2, -0.15) is 5.10 Å². The Morgan fingerprint density at radius 1 is 1.47 bits per heavy atom. The molecule has 82 valence electrons. The summed E-state index contributed by atoms with van der Waals surface area (Å²) in [5.74, 6) is 1.16. The lowest BCUT2D eigenvalue weighted by Crippen LogP contribution is -2.32. The van der Waals surface area contributed by atoms with Crippen LogP contribution in [0.5, 0.6) is 0 Å². The van der Waals surface area contributed by atoms with E-state index in [-0.39, 0.29) is 5.69 Å². The predicted octanol–water partition coefficient (Wildman–Crippen LogP) is 2.89. The van der Waals surface area contributed by atoms with Crippen molar-refractivity contribution in [3.8, 4) is 0 Å². The standard InChI is InChI=1S/C11H14F2N2/c1-2-15-10-7-3-6(4-7)5-8(10)9(14-15)11(12)13/h6-7,11H,2-5H2,1H3. The largest absolute Gasteiger partial charge is 0.282 e. The first kappa shape index (κ1) is 9.31. The van der Waals surface area contributed by atoms with Crippen LogP contribution in [0.4, 0.5) is 8.78 Å². The summed E-state index contributed by atoms with van der Waals surface area (Å²) in [6.07, 6.45) is 0.776. The van der Waals surface area contributed by atoms with Crippen molar-refractivity contribution in [2.75, 3.05) is 0 Å². The highest BCUT2D eigenvalue weighted by Gasteiger charge is 2.42. The van der Waals surface area contributed by atoms with Crippen LogP contribution in [0.2, 0.25) is 0 Å². The highest BCUT2D eigenvalue weighted by atomic mass is 19.3. The van der Waals surface area contributed by atoms with Gasteiger partial charge in [0, 0.05) is 23.7 Å². The Labute approximate surface area is 87.3 Å². The van der Waals surface area contributed by atoms with Gasteiger partial charge in [0.15, 0.2) is 0 Å². The van der Waals surface area contributed by atoms with Gasteiger partial charge in [0.05, 0.1) is 0 Å². The molecule has 0 aromatic carbocycles. The normalized spacial score (nSPS) is 27.7. The minimum absolute atomic E-state index is 0.0428. The van der Waals surface area contributed by atoms with E-state index in [1.807, 2.05) is 6.92 Å². The van der Waals surface area contributed by atoms with Crippen molar-refractivity contribution in [1.29, 1.82) is 0 Å². The third kappa shape index (κ3) is 1.17. The molecule has 0 amide bonds. The van der Waals surface area contributed by atoms with Gasteiger partial charge in [-0.05, 0) is 32.1 Å². The quantitative estimate of drug-likeness (QED) is 0.737. The maximum absolute atomic E-state index is 12.8. The highest BCUT2D eigenvalue weighted by Crippen LogP contribution is 2.51. The molecule has 3 aliphatic rings. The number of halogens is 2. The first-order chi connectivity index (χ1) is 7.20. The molecule has 0 N–H and O–H groups in total. The van der Waals surface area contributed by atoms with Gasteiger partial charge in [0.25, 0.3) is 6.43 Å². The summed E-state index contributed by atoms with van der Waals surface area (Å²) in [7, 11) is 0. The van der Waals surface area contributed by atoms with Gasteiger partial charge in [-0.15, -0.1) is 0 Å². The molecule has 0 radical (unpaired) electrons. The van der Waals surface area contributed by atoms with Crippen molar-refractivity contribution in [1.82, 2.24) is 9.78 Å². The summed E-state index contributed by atoms with van der Waals surface area (Å²) in [6, 6.07) is 0. The highest BCUT2D eigenvalue weighted by molar-refractivity contribution is 5.36. The van der Waals surface area contributed by atoms with Crippen LogP contribution >= 0.6 is 0 Å². The average Bonchev–Trinajstić information content (AvgIpc) is 2.54. The Morgan fingerprint density at radius 2 is 2.20 bits per heavy atom. The van der Waals surface area contributed by atoms with E-state index < -0.39 is 6.43 Å². The molecule has 0 saturated heterocycles. The van der Waals surface area contributed by atoms with E-state index in [1.165, 1.54) is 12.8 Å². The van der Waals surface area contributed by atoms with Gasteiger partial charge >= 0.3 is 0 Å². The van der Waals surface area contributed by atoms with Crippen molar-refractivity contribution < 1.29 is 8.78 Å². The molecular weight excluding hydrogens is 198 g/mol. The van der Waals surface area contributed by atoms with E-state index in [1.54, 1.807) is 4.68 Å². The van der Waals surface area contributed by atoms with E-state index in [2.05, 4.69) is 5.10 Å². The summed E-state index contributed by atoms with van der Waals surface area (Å²) < 4.78 is 27.3. The molecule has 2 bridgehead atoms. The first-order valence-electron chi connectivity index (χ1n) is 5.58. The Hall–Kier alpha value is -0.930. The summed E-state index contributed by atoms with van der Waals surface area (Å²) in [5.41, 5.74) is 2.01. The minimum atomic E-state index is -2.41. The number of aromatic nitrogens is 2. The molecule has 4 heteroatoms. The third-order valence-electron chi connectivity index (χ3n) is 3.75. The van der Waals surface area contributed by atoms with Gasteiger partial charge < -0.3 is 0 Å². The molecule has 4 rings (SSSR count). The fourth-order valence-electron chi connectivity index (χ4n) is 3.03. The minimum Gasteiger partial charge on any atom is -0.269 e. The second kappa shape index (κ2) is 3.03. The van der Waals surface area contributed by atoms with E-state index in [4.69, 9.17) is 0 Å². The van der Waals surface area contributed by atoms with E-state index in [0.717, 1.165) is 17.7 Å². The zero-order chi connectivity index (χ0) is 10.6. The maximum atomic E-state index is 12.8. The smallest absolute Gasteiger partial charge is 0.269 e. The van der Waals surface area contributed by atoms with Crippen molar-refractivity contribution in [3.05, 3.63) is 17.0 Å². The monoisotopic (exact) mass is 212 g/mol. The summed E-state index contributed by atoms with van der Waals surface area (Å²) in [5, 5.41) is 4.05. The summed E-state index contributed by atoms with van der Waals surface area (Å²) >= 11 is 0. The van der Waals surface area contributed by atoms with Gasteiger partial charge in [-0.25, -0.2) is 8.78 Å². The second-order valence-electron chi connectivity index (χ2n) is 4.60. The van der Waals surface area contributed by atoms with Crippen LogP contribution in [0.25, 0.3) is 0 Å². The zero-order valence-corrected chi connectivity index (χ0v) is 8.71. The zero-order valence-electron chi connectivity index (χ0n) is 8.71. The molecule has 3 aliphatic carbocycles. The van der Waals surface area contributed by atoms with Crippen LogP contribution in [0, 0.1) is 5.92 Å². The van der Waals surface area contributed by atoms with Crippen molar-refractivity contribution in [2.45, 2.75) is 45.1 Å². The van der Waals surface area contributed by atoms with Crippen LogP contribution < -0.4 is 0 Å².